The van der Waals surface area contributed by atoms with E-state index in [4.69, 9.17) is 4.74 Å². The maximum absolute atomic E-state index is 12.2. The largest absolute Gasteiger partial charge is 0.452 e. The van der Waals surface area contributed by atoms with Gasteiger partial charge in [-0.15, -0.1) is 0 Å². The molecule has 0 spiro atoms. The van der Waals surface area contributed by atoms with Crippen LogP contribution in [0.3, 0.4) is 0 Å². The minimum atomic E-state index is -0.784. The normalized spacial score (nSPS) is 10.3. The molecule has 0 bridgehead atoms. The highest BCUT2D eigenvalue weighted by molar-refractivity contribution is 6.03. The third-order valence-electron chi connectivity index (χ3n) is 3.32. The Balaban J connectivity index is 1.93. The van der Waals surface area contributed by atoms with Gasteiger partial charge in [-0.05, 0) is 12.5 Å². The highest BCUT2D eigenvalue weighted by Gasteiger charge is 2.15. The Kier molecular flexibility index (Phi) is 6.27. The van der Waals surface area contributed by atoms with E-state index in [0.29, 0.717) is 17.4 Å². The molecule has 0 saturated heterocycles. The number of rotatable bonds is 7. The number of aromatic nitrogens is 1. The second kappa shape index (κ2) is 8.62. The van der Waals surface area contributed by atoms with E-state index in [1.165, 1.54) is 0 Å². The van der Waals surface area contributed by atoms with Gasteiger partial charge < -0.3 is 20.4 Å². The number of hydrogen-bond acceptors (Lipinski definition) is 5. The first-order valence-electron chi connectivity index (χ1n) is 7.84. The number of esters is 1. The molecule has 3 N–H and O–H groups in total. The Hall–Kier alpha value is -3.16. The minimum Gasteiger partial charge on any atom is -0.452 e. The van der Waals surface area contributed by atoms with Gasteiger partial charge in [0, 0.05) is 23.5 Å². The standard InChI is InChI=1S/C17H19N3O5/c1-2-7-18-15(22)9-19-16(23)10-25-17(24)12-8-14(21)20-13-6-4-3-5-11(12)13/h3-6,8H,2,7,9-10H2,1H3,(H,18,22)(H,19,23)(H,20,21). The van der Waals surface area contributed by atoms with Gasteiger partial charge >= 0.3 is 5.97 Å². The Morgan fingerprint density at radius 1 is 1.12 bits per heavy atom. The molecule has 0 aliphatic heterocycles. The molecular formula is C17H19N3O5. The highest BCUT2D eigenvalue weighted by Crippen LogP contribution is 2.15. The third-order valence-corrected chi connectivity index (χ3v) is 3.32. The summed E-state index contributed by atoms with van der Waals surface area (Å²) in [4.78, 5) is 49.4. The molecule has 0 saturated carbocycles. The Morgan fingerprint density at radius 2 is 1.88 bits per heavy atom. The lowest BCUT2D eigenvalue weighted by molar-refractivity contribution is -0.127. The Bertz CT molecular complexity index is 844. The van der Waals surface area contributed by atoms with E-state index in [-0.39, 0.29) is 18.0 Å². The quantitative estimate of drug-likeness (QED) is 0.625. The van der Waals surface area contributed by atoms with Crippen LogP contribution in [0.2, 0.25) is 0 Å². The molecule has 8 heteroatoms. The van der Waals surface area contributed by atoms with Crippen molar-refractivity contribution in [2.24, 2.45) is 0 Å². The van der Waals surface area contributed by atoms with Crippen molar-refractivity contribution in [3.8, 4) is 0 Å². The predicted octanol–water partition coefficient (Wildman–Crippen LogP) is 0.327. The first-order valence-corrected chi connectivity index (χ1v) is 7.84. The molecule has 0 unspecified atom stereocenters. The number of amides is 2. The number of fused-ring (bicyclic) bond motifs is 1. The molecule has 1 aromatic carbocycles. The van der Waals surface area contributed by atoms with Crippen molar-refractivity contribution in [1.29, 1.82) is 0 Å². The van der Waals surface area contributed by atoms with Gasteiger partial charge in [0.1, 0.15) is 0 Å². The molecule has 2 amide bonds. The summed E-state index contributed by atoms with van der Waals surface area (Å²) in [5.74, 6) is -1.70. The number of benzene rings is 1. The van der Waals surface area contributed by atoms with Crippen LogP contribution in [-0.4, -0.2) is 42.5 Å². The molecule has 25 heavy (non-hydrogen) atoms. The fourth-order valence-electron chi connectivity index (χ4n) is 2.14. The van der Waals surface area contributed by atoms with Crippen LogP contribution < -0.4 is 16.2 Å². The summed E-state index contributed by atoms with van der Waals surface area (Å²) in [5, 5.41) is 5.48. The number of aromatic amines is 1. The molecule has 2 aromatic rings. The summed E-state index contributed by atoms with van der Waals surface area (Å²) in [7, 11) is 0. The van der Waals surface area contributed by atoms with Crippen LogP contribution in [0.5, 0.6) is 0 Å². The van der Waals surface area contributed by atoms with Crippen LogP contribution in [0.25, 0.3) is 10.9 Å². The van der Waals surface area contributed by atoms with Gasteiger partial charge in [-0.1, -0.05) is 25.1 Å². The van der Waals surface area contributed by atoms with Gasteiger partial charge in [0.05, 0.1) is 12.1 Å². The Morgan fingerprint density at radius 3 is 2.64 bits per heavy atom. The molecule has 0 atom stereocenters. The molecule has 0 fully saturated rings. The second-order valence-electron chi connectivity index (χ2n) is 5.30. The Labute approximate surface area is 143 Å². The number of para-hydroxylation sites is 1. The van der Waals surface area contributed by atoms with Crippen molar-refractivity contribution >= 4 is 28.7 Å². The van der Waals surface area contributed by atoms with Crippen molar-refractivity contribution in [2.45, 2.75) is 13.3 Å². The summed E-state index contributed by atoms with van der Waals surface area (Å²) in [5.41, 5.74) is 0.134. The smallest absolute Gasteiger partial charge is 0.339 e. The molecule has 1 aromatic heterocycles. The fraction of sp³-hybridized carbons (Fsp3) is 0.294. The summed E-state index contributed by atoms with van der Waals surface area (Å²) < 4.78 is 4.93. The lowest BCUT2D eigenvalue weighted by Gasteiger charge is -2.08. The van der Waals surface area contributed by atoms with Crippen LogP contribution in [0.4, 0.5) is 0 Å². The molecule has 0 aliphatic rings. The van der Waals surface area contributed by atoms with Gasteiger partial charge in [-0.2, -0.15) is 0 Å². The molecule has 8 nitrogen and oxygen atoms in total. The number of ether oxygens (including phenoxy) is 1. The molecule has 0 radical (unpaired) electrons. The van der Waals surface area contributed by atoms with Crippen LogP contribution in [0.15, 0.2) is 35.1 Å². The van der Waals surface area contributed by atoms with Crippen LogP contribution in [0.1, 0.15) is 23.7 Å². The third kappa shape index (κ3) is 5.17. The van der Waals surface area contributed by atoms with Gasteiger partial charge in [-0.25, -0.2) is 4.79 Å². The summed E-state index contributed by atoms with van der Waals surface area (Å²) in [6.07, 6.45) is 0.793. The molecule has 0 aliphatic carbocycles. The highest BCUT2D eigenvalue weighted by atomic mass is 16.5. The molecule has 132 valence electrons. The average molecular weight is 345 g/mol. The van der Waals surface area contributed by atoms with E-state index >= 15 is 0 Å². The topological polar surface area (TPSA) is 117 Å². The van der Waals surface area contributed by atoms with Gasteiger partial charge in [-0.3, -0.25) is 14.4 Å². The lowest BCUT2D eigenvalue weighted by atomic mass is 10.1. The first kappa shape index (κ1) is 18.2. The monoisotopic (exact) mass is 345 g/mol. The zero-order valence-corrected chi connectivity index (χ0v) is 13.8. The van der Waals surface area contributed by atoms with Gasteiger partial charge in [0.25, 0.3) is 5.91 Å². The number of carbonyl (C=O) groups is 3. The average Bonchev–Trinajstić information content (AvgIpc) is 2.61. The lowest BCUT2D eigenvalue weighted by Crippen LogP contribution is -2.39. The number of H-pyrrole nitrogens is 1. The van der Waals surface area contributed by atoms with E-state index in [1.54, 1.807) is 24.3 Å². The second-order valence-corrected chi connectivity index (χ2v) is 5.30. The van der Waals surface area contributed by atoms with Gasteiger partial charge in [0.2, 0.25) is 11.5 Å². The molecule has 2 rings (SSSR count). The number of nitrogens with one attached hydrogen (secondary N) is 3. The number of hydrogen-bond donors (Lipinski definition) is 3. The summed E-state index contributed by atoms with van der Waals surface area (Å²) in [6, 6.07) is 7.90. The van der Waals surface area contributed by atoms with Crippen molar-refractivity contribution < 1.29 is 19.1 Å². The zero-order chi connectivity index (χ0) is 18.2. The van der Waals surface area contributed by atoms with Crippen LogP contribution >= 0.6 is 0 Å². The SMILES string of the molecule is CCCNC(=O)CNC(=O)COC(=O)c1cc(=O)[nH]c2ccccc12. The van der Waals surface area contributed by atoms with Crippen molar-refractivity contribution in [3.05, 3.63) is 46.2 Å². The zero-order valence-electron chi connectivity index (χ0n) is 13.8. The van der Waals surface area contributed by atoms with Crippen molar-refractivity contribution in [3.63, 3.8) is 0 Å². The molecule has 1 heterocycles. The summed E-state index contributed by atoms with van der Waals surface area (Å²) >= 11 is 0. The van der Waals surface area contributed by atoms with Crippen LogP contribution in [0, 0.1) is 0 Å². The maximum Gasteiger partial charge on any atom is 0.339 e. The van der Waals surface area contributed by atoms with E-state index in [2.05, 4.69) is 15.6 Å². The van der Waals surface area contributed by atoms with E-state index < -0.39 is 24.0 Å². The van der Waals surface area contributed by atoms with E-state index in [9.17, 15) is 19.2 Å². The molecular weight excluding hydrogens is 326 g/mol. The van der Waals surface area contributed by atoms with Crippen molar-refractivity contribution in [1.82, 2.24) is 15.6 Å². The fourth-order valence-corrected chi connectivity index (χ4v) is 2.14. The van der Waals surface area contributed by atoms with E-state index in [0.717, 1.165) is 12.5 Å². The van der Waals surface area contributed by atoms with Crippen molar-refractivity contribution in [2.75, 3.05) is 19.7 Å². The minimum absolute atomic E-state index is 0.0767. The number of pyridine rings is 1. The predicted molar refractivity (Wildman–Crippen MR) is 91.2 cm³/mol. The van der Waals surface area contributed by atoms with Crippen LogP contribution in [-0.2, 0) is 14.3 Å². The van der Waals surface area contributed by atoms with E-state index in [1.807, 2.05) is 6.92 Å². The first-order chi connectivity index (χ1) is 12.0. The van der Waals surface area contributed by atoms with Gasteiger partial charge in [0.15, 0.2) is 6.61 Å². The maximum atomic E-state index is 12.2. The number of carbonyl (C=O) groups excluding carboxylic acids is 3. The summed E-state index contributed by atoms with van der Waals surface area (Å²) in [6.45, 7) is 1.71.